The van der Waals surface area contributed by atoms with Gasteiger partial charge in [0.2, 0.25) is 0 Å². The number of hydrogen-bond acceptors (Lipinski definition) is 6. The Morgan fingerprint density at radius 1 is 1.21 bits per heavy atom. The topological polar surface area (TPSA) is 103 Å². The molecule has 0 bridgehead atoms. The van der Waals surface area contributed by atoms with E-state index in [-0.39, 0.29) is 35.8 Å². The molecule has 1 fully saturated rings. The zero-order valence-electron chi connectivity index (χ0n) is 16.4. The number of nitrogens with zero attached hydrogens (tertiary/aromatic N) is 4. The van der Waals surface area contributed by atoms with Crippen LogP contribution in [0.4, 0.5) is 0 Å². The molecule has 2 aromatic heterocycles. The molecular weight excluding hydrogens is 507 g/mol. The van der Waals surface area contributed by atoms with Gasteiger partial charge in [-0.2, -0.15) is 0 Å². The Hall–Kier alpha value is -2.15. The number of aliphatic imine (C=N–C) groups is 1. The third-order valence-electron chi connectivity index (χ3n) is 4.46. The van der Waals surface area contributed by atoms with E-state index < -0.39 is 0 Å². The summed E-state index contributed by atoms with van der Waals surface area (Å²) in [6.45, 7) is 5.41. The minimum atomic E-state index is -0.109. The summed E-state index contributed by atoms with van der Waals surface area (Å²) in [4.78, 5) is 37.3. The second-order valence-corrected chi connectivity index (χ2v) is 7.11. The molecule has 0 saturated carbocycles. The Morgan fingerprint density at radius 2 is 1.90 bits per heavy atom. The number of amides is 2. The van der Waals surface area contributed by atoms with E-state index in [0.717, 1.165) is 11.7 Å². The van der Waals surface area contributed by atoms with Crippen molar-refractivity contribution in [2.24, 2.45) is 4.99 Å². The number of thiazole rings is 1. The summed E-state index contributed by atoms with van der Waals surface area (Å²) >= 11 is 1.34. The highest BCUT2D eigenvalue weighted by Crippen LogP contribution is 2.11. The average molecular weight is 532 g/mol. The molecule has 1 aliphatic heterocycles. The molecule has 9 nitrogen and oxygen atoms in total. The van der Waals surface area contributed by atoms with Crippen LogP contribution < -0.4 is 10.6 Å². The first kappa shape index (κ1) is 23.1. The molecule has 11 heteroatoms. The summed E-state index contributed by atoms with van der Waals surface area (Å²) in [5.74, 6) is 0.923. The number of furan rings is 1. The Labute approximate surface area is 190 Å². The van der Waals surface area contributed by atoms with Crippen molar-refractivity contribution in [1.29, 1.82) is 0 Å². The summed E-state index contributed by atoms with van der Waals surface area (Å²) in [6.07, 6.45) is 1.50. The molecular formula is C18H25IN6O3S. The summed E-state index contributed by atoms with van der Waals surface area (Å²) in [5.41, 5.74) is 2.41. The van der Waals surface area contributed by atoms with Crippen LogP contribution in [0.3, 0.4) is 0 Å². The summed E-state index contributed by atoms with van der Waals surface area (Å²) in [5, 5.41) is 6.13. The highest BCUT2D eigenvalue weighted by molar-refractivity contribution is 14.0. The first-order valence-electron chi connectivity index (χ1n) is 9.07. The van der Waals surface area contributed by atoms with E-state index in [2.05, 4.69) is 25.5 Å². The summed E-state index contributed by atoms with van der Waals surface area (Å²) < 4.78 is 5.18. The number of carbonyl (C=O) groups is 2. The van der Waals surface area contributed by atoms with Gasteiger partial charge in [0.15, 0.2) is 11.7 Å². The minimum Gasteiger partial charge on any atom is -0.459 e. The van der Waals surface area contributed by atoms with E-state index >= 15 is 0 Å². The monoisotopic (exact) mass is 532 g/mol. The van der Waals surface area contributed by atoms with Crippen LogP contribution in [-0.2, 0) is 0 Å². The van der Waals surface area contributed by atoms with Crippen molar-refractivity contribution < 1.29 is 14.0 Å². The molecule has 0 aromatic carbocycles. The van der Waals surface area contributed by atoms with Crippen molar-refractivity contribution in [3.05, 3.63) is 40.2 Å². The number of aromatic nitrogens is 1. The standard InChI is InChI=1S/C18H24N6O3S.HI/c1-13-15(28-12-22-13)16(25)20-5-6-21-18(19-2)24-9-7-23(8-10-24)17(26)14-4-3-11-27-14;/h3-4,11-12H,5-10H2,1-2H3,(H,19,21)(H,20,25);1H. The van der Waals surface area contributed by atoms with Crippen molar-refractivity contribution in [3.63, 3.8) is 0 Å². The Kier molecular flexibility index (Phi) is 8.89. The van der Waals surface area contributed by atoms with E-state index in [0.29, 0.717) is 49.9 Å². The first-order valence-corrected chi connectivity index (χ1v) is 9.94. The van der Waals surface area contributed by atoms with Crippen molar-refractivity contribution in [1.82, 2.24) is 25.4 Å². The van der Waals surface area contributed by atoms with Gasteiger partial charge in [-0.15, -0.1) is 35.3 Å². The molecule has 2 amide bonds. The van der Waals surface area contributed by atoms with Gasteiger partial charge in [0.05, 0.1) is 17.5 Å². The molecule has 3 heterocycles. The number of hydrogen-bond donors (Lipinski definition) is 2. The third-order valence-corrected chi connectivity index (χ3v) is 5.38. The lowest BCUT2D eigenvalue weighted by Gasteiger charge is -2.36. The fraction of sp³-hybridized carbons (Fsp3) is 0.444. The molecule has 2 aromatic rings. The van der Waals surface area contributed by atoms with Gasteiger partial charge >= 0.3 is 0 Å². The third kappa shape index (κ3) is 5.92. The predicted octanol–water partition coefficient (Wildman–Crippen LogP) is 1.43. The summed E-state index contributed by atoms with van der Waals surface area (Å²) in [7, 11) is 1.72. The lowest BCUT2D eigenvalue weighted by Crippen LogP contribution is -2.54. The molecule has 1 aliphatic rings. The second kappa shape index (κ2) is 11.1. The van der Waals surface area contributed by atoms with Gasteiger partial charge in [0, 0.05) is 46.3 Å². The Morgan fingerprint density at radius 3 is 2.48 bits per heavy atom. The molecule has 3 rings (SSSR count). The van der Waals surface area contributed by atoms with Gasteiger partial charge in [-0.05, 0) is 19.1 Å². The molecule has 158 valence electrons. The van der Waals surface area contributed by atoms with E-state index in [9.17, 15) is 9.59 Å². The van der Waals surface area contributed by atoms with Crippen molar-refractivity contribution in [2.45, 2.75) is 6.92 Å². The fourth-order valence-corrected chi connectivity index (χ4v) is 3.68. The number of piperazine rings is 1. The number of guanidine groups is 1. The van der Waals surface area contributed by atoms with Crippen LogP contribution in [0.5, 0.6) is 0 Å². The molecule has 1 saturated heterocycles. The van der Waals surface area contributed by atoms with E-state index in [1.165, 1.54) is 17.6 Å². The van der Waals surface area contributed by atoms with Gasteiger partial charge in [-0.1, -0.05) is 0 Å². The van der Waals surface area contributed by atoms with Gasteiger partial charge in [0.25, 0.3) is 11.8 Å². The number of nitrogens with one attached hydrogen (secondary N) is 2. The van der Waals surface area contributed by atoms with Crippen LogP contribution in [0.15, 0.2) is 33.3 Å². The maximum Gasteiger partial charge on any atom is 0.289 e. The highest BCUT2D eigenvalue weighted by atomic mass is 127. The van der Waals surface area contributed by atoms with Crippen LogP contribution in [0.25, 0.3) is 0 Å². The average Bonchev–Trinajstić information content (AvgIpc) is 3.39. The smallest absolute Gasteiger partial charge is 0.289 e. The van der Waals surface area contributed by atoms with Gasteiger partial charge in [-0.3, -0.25) is 14.6 Å². The van der Waals surface area contributed by atoms with E-state index in [4.69, 9.17) is 4.42 Å². The van der Waals surface area contributed by atoms with Crippen LogP contribution in [0.1, 0.15) is 25.9 Å². The van der Waals surface area contributed by atoms with Gasteiger partial charge in [-0.25, -0.2) is 4.98 Å². The molecule has 2 N–H and O–H groups in total. The normalized spacial score (nSPS) is 14.3. The first-order chi connectivity index (χ1) is 13.6. The minimum absolute atomic E-state index is 0. The summed E-state index contributed by atoms with van der Waals surface area (Å²) in [6, 6.07) is 3.39. The second-order valence-electron chi connectivity index (χ2n) is 6.25. The van der Waals surface area contributed by atoms with Crippen LogP contribution >= 0.6 is 35.3 Å². The molecule has 0 unspecified atom stereocenters. The predicted molar refractivity (Wildman–Crippen MR) is 122 cm³/mol. The number of halogens is 1. The zero-order valence-corrected chi connectivity index (χ0v) is 19.5. The number of rotatable bonds is 5. The van der Waals surface area contributed by atoms with Crippen LogP contribution in [0.2, 0.25) is 0 Å². The lowest BCUT2D eigenvalue weighted by atomic mass is 10.3. The SMILES string of the molecule is CN=C(NCCNC(=O)c1scnc1C)N1CCN(C(=O)c2ccco2)CC1.I. The zero-order chi connectivity index (χ0) is 19.9. The number of carbonyl (C=O) groups excluding carboxylic acids is 2. The van der Waals surface area contributed by atoms with E-state index in [1.54, 1.807) is 29.6 Å². The van der Waals surface area contributed by atoms with Gasteiger partial charge in [0.1, 0.15) is 4.88 Å². The molecule has 0 spiro atoms. The Bertz CT molecular complexity index is 831. The fourth-order valence-electron chi connectivity index (χ4n) is 2.96. The Balaban J connectivity index is 0.00000300. The van der Waals surface area contributed by atoms with E-state index in [1.807, 2.05) is 6.92 Å². The maximum atomic E-state index is 12.3. The van der Waals surface area contributed by atoms with Crippen molar-refractivity contribution in [3.8, 4) is 0 Å². The molecule has 0 aliphatic carbocycles. The maximum absolute atomic E-state index is 12.3. The molecule has 0 atom stereocenters. The van der Waals surface area contributed by atoms with Crippen molar-refractivity contribution in [2.75, 3.05) is 46.3 Å². The highest BCUT2D eigenvalue weighted by Gasteiger charge is 2.25. The largest absolute Gasteiger partial charge is 0.459 e. The molecule has 0 radical (unpaired) electrons. The van der Waals surface area contributed by atoms with Crippen LogP contribution in [0, 0.1) is 6.92 Å². The van der Waals surface area contributed by atoms with Crippen LogP contribution in [-0.4, -0.2) is 78.9 Å². The number of aryl methyl sites for hydroxylation is 1. The lowest BCUT2D eigenvalue weighted by molar-refractivity contribution is 0.0657. The quantitative estimate of drug-likeness (QED) is 0.262. The van der Waals surface area contributed by atoms with Crippen molar-refractivity contribution >= 4 is 53.1 Å². The van der Waals surface area contributed by atoms with Gasteiger partial charge < -0.3 is 24.9 Å². The molecule has 29 heavy (non-hydrogen) atoms.